The summed E-state index contributed by atoms with van der Waals surface area (Å²) in [4.78, 5) is 4.94. The smallest absolute Gasteiger partial charge is 0.268 e. The Labute approximate surface area is 351 Å². The number of ether oxygens (including phenoxy) is 1. The molecule has 0 saturated heterocycles. The number of nitrogens with zero attached hydrogens (tertiary/aromatic N) is 4. The highest BCUT2D eigenvalue weighted by molar-refractivity contribution is 6.09. The molecule has 0 aliphatic rings. The number of hydrogen-bond acceptors (Lipinski definition) is 2. The van der Waals surface area contributed by atoms with Crippen LogP contribution in [0.3, 0.4) is 0 Å². The molecule has 5 heteroatoms. The third kappa shape index (κ3) is 8.08. The van der Waals surface area contributed by atoms with E-state index in [4.69, 9.17) is 9.72 Å². The van der Waals surface area contributed by atoms with Crippen LogP contribution >= 0.6 is 0 Å². The van der Waals surface area contributed by atoms with Crippen molar-refractivity contribution in [2.24, 2.45) is 0 Å². The third-order valence-electron chi connectivity index (χ3n) is 11.5. The molecule has 0 spiro atoms. The van der Waals surface area contributed by atoms with E-state index in [2.05, 4.69) is 231 Å². The van der Waals surface area contributed by atoms with Gasteiger partial charge in [0.1, 0.15) is 17.3 Å². The number of imidazole rings is 1. The van der Waals surface area contributed by atoms with E-state index in [1.165, 1.54) is 27.6 Å². The first-order chi connectivity index (χ1) is 27.7. The van der Waals surface area contributed by atoms with Gasteiger partial charge in [-0.05, 0) is 122 Å². The average molecular weight is 779 g/mol. The zero-order chi connectivity index (χ0) is 42.1. The Morgan fingerprint density at radius 2 is 1.19 bits per heavy atom. The minimum absolute atomic E-state index is 0.00904. The fourth-order valence-corrected chi connectivity index (χ4v) is 7.72. The van der Waals surface area contributed by atoms with E-state index in [9.17, 15) is 0 Å². The summed E-state index contributed by atoms with van der Waals surface area (Å²) in [6, 6.07) is 41.5. The van der Waals surface area contributed by atoms with E-state index in [0.717, 1.165) is 56.2 Å². The quantitative estimate of drug-likeness (QED) is 0.124. The summed E-state index contributed by atoms with van der Waals surface area (Å²) in [5.41, 5.74) is 11.5. The topological polar surface area (TPSA) is 35.9 Å². The normalized spacial score (nSPS) is 12.7. The number of pyridine rings is 1. The van der Waals surface area contributed by atoms with Crippen molar-refractivity contribution in [2.45, 2.75) is 105 Å². The number of benzene rings is 5. The van der Waals surface area contributed by atoms with Crippen LogP contribution in [0.15, 0.2) is 134 Å². The summed E-state index contributed by atoms with van der Waals surface area (Å²) in [6.07, 6.45) is 9.73. The Morgan fingerprint density at radius 1 is 0.525 bits per heavy atom. The maximum atomic E-state index is 6.88. The molecule has 5 aromatic carbocycles. The summed E-state index contributed by atoms with van der Waals surface area (Å²) >= 11 is 0. The summed E-state index contributed by atoms with van der Waals surface area (Å²) in [5, 5.41) is 2.37. The lowest BCUT2D eigenvalue weighted by Gasteiger charge is -2.26. The molecule has 0 saturated carbocycles. The van der Waals surface area contributed by atoms with Crippen LogP contribution < -0.4 is 9.30 Å². The highest BCUT2D eigenvalue weighted by Gasteiger charge is 2.23. The minimum atomic E-state index is -0.0200. The van der Waals surface area contributed by atoms with Crippen LogP contribution in [0.5, 0.6) is 11.5 Å². The molecule has 8 rings (SSSR count). The summed E-state index contributed by atoms with van der Waals surface area (Å²) < 4.78 is 13.3. The van der Waals surface area contributed by atoms with Crippen LogP contribution in [-0.4, -0.2) is 14.1 Å². The molecular weight excluding hydrogens is 721 g/mol. The van der Waals surface area contributed by atoms with Gasteiger partial charge in [-0.15, -0.1) is 0 Å². The maximum Gasteiger partial charge on any atom is 0.268 e. The summed E-state index contributed by atoms with van der Waals surface area (Å²) in [5.74, 6) is 2.39. The van der Waals surface area contributed by atoms with Crippen molar-refractivity contribution in [1.82, 2.24) is 14.1 Å². The van der Waals surface area contributed by atoms with Gasteiger partial charge in [-0.3, -0.25) is 13.7 Å². The molecular formula is C54H58N4O. The van der Waals surface area contributed by atoms with Crippen LogP contribution in [0.25, 0.3) is 50.1 Å². The molecule has 0 aliphatic heterocycles. The molecule has 3 aromatic heterocycles. The van der Waals surface area contributed by atoms with Gasteiger partial charge in [-0.2, -0.15) is 0 Å². The molecule has 0 unspecified atom stereocenters. The second-order valence-electron chi connectivity index (χ2n) is 20.2. The molecule has 0 bridgehead atoms. The van der Waals surface area contributed by atoms with Crippen molar-refractivity contribution in [2.75, 3.05) is 0 Å². The van der Waals surface area contributed by atoms with Gasteiger partial charge in [0.05, 0.1) is 22.4 Å². The predicted octanol–water partition coefficient (Wildman–Crippen LogP) is 13.7. The number of rotatable bonds is 6. The number of fused-ring (bicyclic) bond motifs is 3. The van der Waals surface area contributed by atoms with E-state index in [1.807, 2.05) is 6.20 Å². The molecule has 0 atom stereocenters. The second-order valence-corrected chi connectivity index (χ2v) is 20.2. The lowest BCUT2D eigenvalue weighted by molar-refractivity contribution is -0.599. The van der Waals surface area contributed by atoms with Gasteiger partial charge in [-0.1, -0.05) is 126 Å². The Hall–Kier alpha value is -5.94. The van der Waals surface area contributed by atoms with E-state index < -0.39 is 0 Å². The van der Waals surface area contributed by atoms with Gasteiger partial charge in [-0.25, -0.2) is 4.98 Å². The second kappa shape index (κ2) is 14.4. The first-order valence-electron chi connectivity index (χ1n) is 20.9. The standard InChI is InChI=1S/C54H58N4O/c1-51(2,3)38-18-21-48-47(31-38)46-20-19-44(34-49(46)58(48)50-32-39(22-23-55-50)52(4,5)6)59-45-27-37(36-16-14-13-15-17-36)26-42(33-45)56-24-25-57(35-56)43-29-40(53(7,8)9)28-41(30-43)54(10,11)12/h13-34H,1-12H3. The maximum absolute atomic E-state index is 6.88. The molecule has 0 fully saturated rings. The third-order valence-corrected chi connectivity index (χ3v) is 11.5. The van der Waals surface area contributed by atoms with Crippen LogP contribution in [0.4, 0.5) is 0 Å². The molecule has 5 nitrogen and oxygen atoms in total. The monoisotopic (exact) mass is 778 g/mol. The molecule has 300 valence electrons. The molecule has 59 heavy (non-hydrogen) atoms. The molecule has 0 N–H and O–H groups in total. The predicted molar refractivity (Wildman–Crippen MR) is 245 cm³/mol. The van der Waals surface area contributed by atoms with Crippen LogP contribution in [-0.2, 0) is 21.7 Å². The fraction of sp³-hybridized carbons (Fsp3) is 0.296. The summed E-state index contributed by atoms with van der Waals surface area (Å²) in [7, 11) is 0. The van der Waals surface area contributed by atoms with Crippen molar-refractivity contribution in [1.29, 1.82) is 0 Å². The molecule has 8 aromatic rings. The molecule has 0 aliphatic carbocycles. The van der Waals surface area contributed by atoms with Gasteiger partial charge in [0.15, 0.2) is 0 Å². The highest BCUT2D eigenvalue weighted by atomic mass is 16.5. The summed E-state index contributed by atoms with van der Waals surface area (Å²) in [6.45, 7) is 27.2. The van der Waals surface area contributed by atoms with Gasteiger partial charge in [0.25, 0.3) is 6.33 Å². The lowest BCUT2D eigenvalue weighted by Crippen LogP contribution is -2.30. The lowest BCUT2D eigenvalue weighted by atomic mass is 9.80. The van der Waals surface area contributed by atoms with E-state index in [-0.39, 0.29) is 21.7 Å². The Bertz CT molecular complexity index is 2800. The van der Waals surface area contributed by atoms with E-state index in [1.54, 1.807) is 0 Å². The minimum Gasteiger partial charge on any atom is -0.458 e. The molecule has 3 heterocycles. The first-order valence-corrected chi connectivity index (χ1v) is 20.9. The van der Waals surface area contributed by atoms with Gasteiger partial charge >= 0.3 is 0 Å². The Kier molecular flexibility index (Phi) is 9.74. The zero-order valence-electron chi connectivity index (χ0n) is 36.9. The number of hydrogen-bond donors (Lipinski definition) is 0. The zero-order valence-corrected chi connectivity index (χ0v) is 36.9. The highest BCUT2D eigenvalue weighted by Crippen LogP contribution is 2.39. The van der Waals surface area contributed by atoms with Crippen molar-refractivity contribution in [3.63, 3.8) is 0 Å². The first kappa shape index (κ1) is 39.9. The van der Waals surface area contributed by atoms with Gasteiger partial charge in [0.2, 0.25) is 0 Å². The van der Waals surface area contributed by atoms with Crippen molar-refractivity contribution in [3.8, 4) is 39.8 Å². The Morgan fingerprint density at radius 3 is 1.85 bits per heavy atom. The van der Waals surface area contributed by atoms with E-state index >= 15 is 0 Å². The molecule has 0 radical (unpaired) electrons. The number of aromatic nitrogens is 4. The Balaban J connectivity index is 1.25. The van der Waals surface area contributed by atoms with E-state index in [0.29, 0.717) is 0 Å². The SMILES string of the molecule is CC(C)(C)c1cc(-[n+]2[c-]n(-c3cc(Oc4ccc5c6cc(C(C)(C)C)ccc6n(-c6cc(C(C)(C)C)ccn6)c5c4)cc(-c4ccccc4)c3)cc2)cc(C(C)(C)C)c1. The largest absolute Gasteiger partial charge is 0.458 e. The van der Waals surface area contributed by atoms with Crippen molar-refractivity contribution < 1.29 is 9.30 Å². The molecule has 0 amide bonds. The fourth-order valence-electron chi connectivity index (χ4n) is 7.72. The average Bonchev–Trinajstić information content (AvgIpc) is 3.80. The van der Waals surface area contributed by atoms with Crippen LogP contribution in [0.1, 0.15) is 105 Å². The van der Waals surface area contributed by atoms with Gasteiger partial charge < -0.3 is 4.74 Å². The van der Waals surface area contributed by atoms with Crippen molar-refractivity contribution >= 4 is 21.8 Å². The van der Waals surface area contributed by atoms with Gasteiger partial charge in [0, 0.05) is 35.4 Å². The van der Waals surface area contributed by atoms with Crippen molar-refractivity contribution in [3.05, 3.63) is 162 Å². The van der Waals surface area contributed by atoms with Crippen LogP contribution in [0, 0.1) is 6.33 Å². The van der Waals surface area contributed by atoms with Crippen LogP contribution in [0.2, 0.25) is 0 Å².